The Bertz CT molecular complexity index is 1180. The first kappa shape index (κ1) is 23.9. The number of aliphatic hydroxyl groups excluding tert-OH is 2. The molecule has 34 heavy (non-hydrogen) atoms. The lowest BCUT2D eigenvalue weighted by molar-refractivity contribution is -0.148. The first-order chi connectivity index (χ1) is 15.8. The van der Waals surface area contributed by atoms with Crippen LogP contribution in [-0.2, 0) is 22.6 Å². The van der Waals surface area contributed by atoms with Gasteiger partial charge >= 0.3 is 0 Å². The van der Waals surface area contributed by atoms with Gasteiger partial charge < -0.3 is 31.1 Å². The third-order valence-corrected chi connectivity index (χ3v) is 7.19. The van der Waals surface area contributed by atoms with Gasteiger partial charge in [0, 0.05) is 18.0 Å². The molecule has 10 nitrogen and oxygen atoms in total. The molecule has 6 N–H and O–H groups in total. The summed E-state index contributed by atoms with van der Waals surface area (Å²) in [5, 5.41) is 44.1. The van der Waals surface area contributed by atoms with Crippen LogP contribution < -0.4 is 5.73 Å². The molecule has 1 amide bonds. The van der Waals surface area contributed by atoms with E-state index in [9.17, 15) is 34.8 Å². The van der Waals surface area contributed by atoms with Crippen molar-refractivity contribution in [3.8, 4) is 5.75 Å². The van der Waals surface area contributed by atoms with Crippen LogP contribution in [0.4, 0.5) is 0 Å². The molecule has 0 bridgehead atoms. The van der Waals surface area contributed by atoms with Crippen molar-refractivity contribution >= 4 is 17.5 Å². The standard InChI is InChI=1S/C24H29N3O7/c1-26(2)9-10-5-6-14(28)16-12(10)7-11-8-13-18(27(3)4)20(30)17(23(25)33)22(32)24(13,34)21(31)15(11)19(16)29/h5-6,11,13,18,28,30-31,34H,7-9H2,1-4H3,(H2,25,33)/t11-,13-,18-,24-/m1/s1. The van der Waals surface area contributed by atoms with E-state index in [0.717, 1.165) is 5.56 Å². The monoisotopic (exact) mass is 471 g/mol. The van der Waals surface area contributed by atoms with E-state index < -0.39 is 58.0 Å². The molecular weight excluding hydrogens is 442 g/mol. The number of carbonyl (C=O) groups is 3. The van der Waals surface area contributed by atoms with Gasteiger partial charge in [-0.2, -0.15) is 0 Å². The fourth-order valence-corrected chi connectivity index (χ4v) is 5.80. The summed E-state index contributed by atoms with van der Waals surface area (Å²) in [6.45, 7) is 0.519. The van der Waals surface area contributed by atoms with Gasteiger partial charge in [0.05, 0.1) is 11.6 Å². The summed E-state index contributed by atoms with van der Waals surface area (Å²) in [6, 6.07) is 2.15. The number of benzene rings is 1. The number of rotatable bonds is 4. The number of phenolic OH excluding ortho intramolecular Hbond substituents is 1. The molecule has 1 aromatic rings. The van der Waals surface area contributed by atoms with Crippen LogP contribution in [0.2, 0.25) is 0 Å². The summed E-state index contributed by atoms with van der Waals surface area (Å²) < 4.78 is 0. The molecule has 0 aromatic heterocycles. The van der Waals surface area contributed by atoms with Gasteiger partial charge in [0.15, 0.2) is 11.4 Å². The normalized spacial score (nSPS) is 28.9. The van der Waals surface area contributed by atoms with Gasteiger partial charge in [-0.3, -0.25) is 19.3 Å². The zero-order valence-corrected chi connectivity index (χ0v) is 19.5. The second-order valence-electron chi connectivity index (χ2n) is 9.80. The molecule has 0 saturated heterocycles. The van der Waals surface area contributed by atoms with Gasteiger partial charge in [-0.1, -0.05) is 6.07 Å². The van der Waals surface area contributed by atoms with Crippen molar-refractivity contribution in [3.63, 3.8) is 0 Å². The van der Waals surface area contributed by atoms with Crippen molar-refractivity contribution in [1.29, 1.82) is 0 Å². The van der Waals surface area contributed by atoms with E-state index >= 15 is 0 Å². The highest BCUT2D eigenvalue weighted by Crippen LogP contribution is 2.52. The number of Topliss-reactive ketones (excluding diaryl/α,β-unsaturated/α-hetero) is 2. The lowest BCUT2D eigenvalue weighted by atomic mass is 9.58. The molecule has 0 heterocycles. The predicted molar refractivity (Wildman–Crippen MR) is 121 cm³/mol. The minimum atomic E-state index is -2.62. The summed E-state index contributed by atoms with van der Waals surface area (Å²) in [5.41, 5.74) is 3.25. The smallest absolute Gasteiger partial charge is 0.255 e. The number of hydrogen-bond acceptors (Lipinski definition) is 9. The maximum absolute atomic E-state index is 13.6. The Morgan fingerprint density at radius 2 is 1.79 bits per heavy atom. The number of hydrogen-bond donors (Lipinski definition) is 5. The molecule has 10 heteroatoms. The van der Waals surface area contributed by atoms with E-state index in [1.807, 2.05) is 19.0 Å². The van der Waals surface area contributed by atoms with Crippen molar-refractivity contribution < 1.29 is 34.8 Å². The van der Waals surface area contributed by atoms with Crippen LogP contribution in [0.1, 0.15) is 27.9 Å². The molecule has 0 spiro atoms. The summed E-state index contributed by atoms with van der Waals surface area (Å²) in [5.74, 6) is -6.47. The van der Waals surface area contributed by atoms with Gasteiger partial charge in [-0.15, -0.1) is 0 Å². The summed E-state index contributed by atoms with van der Waals surface area (Å²) in [4.78, 5) is 42.2. The van der Waals surface area contributed by atoms with Crippen molar-refractivity contribution in [2.24, 2.45) is 17.6 Å². The zero-order valence-electron chi connectivity index (χ0n) is 19.5. The summed E-state index contributed by atoms with van der Waals surface area (Å²) >= 11 is 0. The lowest BCUT2D eigenvalue weighted by Crippen LogP contribution is -2.63. The number of likely N-dealkylation sites (N-methyl/N-ethyl adjacent to an activating group) is 1. The number of nitrogens with zero attached hydrogens (tertiary/aromatic N) is 2. The van der Waals surface area contributed by atoms with Crippen molar-refractivity contribution in [2.75, 3.05) is 28.2 Å². The van der Waals surface area contributed by atoms with E-state index in [1.54, 1.807) is 20.2 Å². The number of carbonyl (C=O) groups excluding carboxylic acids is 3. The average Bonchev–Trinajstić information content (AvgIpc) is 2.72. The molecule has 3 aliphatic carbocycles. The summed E-state index contributed by atoms with van der Waals surface area (Å²) in [6.07, 6.45) is 0.356. The molecule has 4 rings (SSSR count). The third kappa shape index (κ3) is 3.17. The van der Waals surface area contributed by atoms with E-state index in [4.69, 9.17) is 5.73 Å². The first-order valence-corrected chi connectivity index (χ1v) is 11.0. The van der Waals surface area contributed by atoms with Crippen molar-refractivity contribution in [1.82, 2.24) is 9.80 Å². The largest absolute Gasteiger partial charge is 0.510 e. The highest BCUT2D eigenvalue weighted by atomic mass is 16.3. The number of aliphatic hydroxyl groups is 3. The topological polar surface area (TPSA) is 165 Å². The van der Waals surface area contributed by atoms with Crippen molar-refractivity contribution in [2.45, 2.75) is 31.0 Å². The molecule has 0 aliphatic heterocycles. The van der Waals surface area contributed by atoms with E-state index in [-0.39, 0.29) is 29.7 Å². The fraction of sp³-hybridized carbons (Fsp3) is 0.458. The fourth-order valence-electron chi connectivity index (χ4n) is 5.80. The molecule has 0 saturated carbocycles. The van der Waals surface area contributed by atoms with Gasteiger partial charge in [-0.05, 0) is 64.1 Å². The third-order valence-electron chi connectivity index (χ3n) is 7.19. The number of primary amides is 1. The molecular formula is C24H29N3O7. The predicted octanol–water partition coefficient (Wildman–Crippen LogP) is 0.182. The SMILES string of the molecule is CN(C)Cc1ccc(O)c2c1C[C@@H]1C[C@@H]3[C@@H](N(C)C)C(O)=C(C(N)=O)C(=O)[C@]3(O)C(O)=C1C2=O. The summed E-state index contributed by atoms with van der Waals surface area (Å²) in [7, 11) is 6.95. The lowest BCUT2D eigenvalue weighted by Gasteiger charge is -2.50. The second kappa shape index (κ2) is 7.93. The van der Waals surface area contributed by atoms with Crippen LogP contribution in [-0.4, -0.2) is 87.5 Å². The Kier molecular flexibility index (Phi) is 5.58. The Morgan fingerprint density at radius 3 is 2.35 bits per heavy atom. The number of nitrogens with two attached hydrogens (primary N) is 1. The van der Waals surface area contributed by atoms with Crippen LogP contribution >= 0.6 is 0 Å². The minimum Gasteiger partial charge on any atom is -0.510 e. The Hall–Kier alpha value is -3.21. The van der Waals surface area contributed by atoms with Gasteiger partial charge in [0.2, 0.25) is 5.78 Å². The number of allylic oxidation sites excluding steroid dienone is 1. The maximum Gasteiger partial charge on any atom is 0.255 e. The van der Waals surface area contributed by atoms with Crippen molar-refractivity contribution in [3.05, 3.63) is 51.5 Å². The van der Waals surface area contributed by atoms with Crippen LogP contribution in [0.5, 0.6) is 5.75 Å². The number of amides is 1. The molecule has 0 radical (unpaired) electrons. The quantitative estimate of drug-likeness (QED) is 0.385. The Labute approximate surface area is 196 Å². The minimum absolute atomic E-state index is 0.0279. The molecule has 3 aliphatic rings. The average molecular weight is 472 g/mol. The maximum atomic E-state index is 13.6. The molecule has 1 aromatic carbocycles. The molecule has 0 fully saturated rings. The highest BCUT2D eigenvalue weighted by molar-refractivity contribution is 6.24. The van der Waals surface area contributed by atoms with Gasteiger partial charge in [-0.25, -0.2) is 0 Å². The number of fused-ring (bicyclic) bond motifs is 3. The van der Waals surface area contributed by atoms with Gasteiger partial charge in [0.25, 0.3) is 5.91 Å². The number of aromatic hydroxyl groups is 1. The Balaban J connectivity index is 1.95. The van der Waals surface area contributed by atoms with Crippen LogP contribution in [0.25, 0.3) is 0 Å². The van der Waals surface area contributed by atoms with E-state index in [1.165, 1.54) is 11.0 Å². The molecule has 182 valence electrons. The molecule has 4 atom stereocenters. The second-order valence-corrected chi connectivity index (χ2v) is 9.80. The first-order valence-electron chi connectivity index (χ1n) is 11.0. The van der Waals surface area contributed by atoms with Crippen LogP contribution in [0.3, 0.4) is 0 Å². The highest BCUT2D eigenvalue weighted by Gasteiger charge is 2.63. The number of phenols is 1. The van der Waals surface area contributed by atoms with E-state index in [2.05, 4.69) is 0 Å². The van der Waals surface area contributed by atoms with Gasteiger partial charge in [0.1, 0.15) is 22.8 Å². The molecule has 0 unspecified atom stereocenters. The van der Waals surface area contributed by atoms with Crippen LogP contribution in [0.15, 0.2) is 34.8 Å². The van der Waals surface area contributed by atoms with E-state index in [0.29, 0.717) is 12.1 Å². The van der Waals surface area contributed by atoms with Crippen LogP contribution in [0, 0.1) is 11.8 Å². The zero-order chi connectivity index (χ0) is 25.3. The Morgan fingerprint density at radius 1 is 1.15 bits per heavy atom. The number of ketones is 2.